The van der Waals surface area contributed by atoms with Crippen molar-refractivity contribution in [1.29, 1.82) is 0 Å². The Kier molecular flexibility index (Phi) is 4.53. The molecule has 5 atom stereocenters. The van der Waals surface area contributed by atoms with Crippen LogP contribution in [0.4, 0.5) is 5.95 Å². The smallest absolute Gasteiger partial charge is 0.254 e. The van der Waals surface area contributed by atoms with E-state index in [1.165, 1.54) is 12.8 Å². The number of ether oxygens (including phenoxy) is 1. The van der Waals surface area contributed by atoms with Gasteiger partial charge in [-0.15, -0.1) is 0 Å². The van der Waals surface area contributed by atoms with Gasteiger partial charge in [0.15, 0.2) is 0 Å². The normalized spacial score (nSPS) is 37.9. The fraction of sp³-hybridized carbons (Fsp3) is 0.783. The van der Waals surface area contributed by atoms with Crippen LogP contribution in [-0.4, -0.2) is 51.9 Å². The maximum atomic E-state index is 13.4. The van der Waals surface area contributed by atoms with E-state index in [-0.39, 0.29) is 18.0 Å². The van der Waals surface area contributed by atoms with Crippen LogP contribution in [0.15, 0.2) is 6.20 Å². The molecule has 1 aromatic heterocycles. The van der Waals surface area contributed by atoms with E-state index in [0.29, 0.717) is 48.4 Å². The number of rotatable bonds is 5. The summed E-state index contributed by atoms with van der Waals surface area (Å²) in [4.78, 5) is 22.7. The van der Waals surface area contributed by atoms with Gasteiger partial charge in [-0.2, -0.15) is 0 Å². The lowest BCUT2D eigenvalue weighted by Crippen LogP contribution is -2.61. The molecule has 7 rings (SSSR count). The molecule has 5 aliphatic carbocycles. The number of hydrogen-bond acceptors (Lipinski definition) is 6. The number of nitrogens with one attached hydrogen (secondary N) is 2. The molecule has 2 heterocycles. The fourth-order valence-corrected chi connectivity index (χ4v) is 7.10. The molecule has 6 fully saturated rings. The van der Waals surface area contributed by atoms with E-state index in [0.717, 1.165) is 50.6 Å². The molecule has 1 saturated heterocycles. The molecular weight excluding hydrogens is 380 g/mol. The minimum atomic E-state index is -0.478. The maximum Gasteiger partial charge on any atom is 0.254 e. The monoisotopic (exact) mass is 412 g/mol. The summed E-state index contributed by atoms with van der Waals surface area (Å²) in [7, 11) is 0. The van der Waals surface area contributed by atoms with Crippen molar-refractivity contribution in [1.82, 2.24) is 15.3 Å². The van der Waals surface area contributed by atoms with Crippen molar-refractivity contribution in [2.24, 2.45) is 17.8 Å². The Balaban J connectivity index is 1.23. The summed E-state index contributed by atoms with van der Waals surface area (Å²) in [6.45, 7) is 1.37. The highest BCUT2D eigenvalue weighted by Gasteiger charge is 2.55. The van der Waals surface area contributed by atoms with Crippen molar-refractivity contribution >= 4 is 11.9 Å². The van der Waals surface area contributed by atoms with Gasteiger partial charge in [0.2, 0.25) is 5.95 Å². The van der Waals surface area contributed by atoms with Crippen LogP contribution < -0.4 is 10.6 Å². The first-order valence-electron chi connectivity index (χ1n) is 11.8. The summed E-state index contributed by atoms with van der Waals surface area (Å²) in [5.74, 6) is 2.37. The third kappa shape index (κ3) is 3.30. The molecule has 0 spiro atoms. The Morgan fingerprint density at radius 2 is 1.87 bits per heavy atom. The van der Waals surface area contributed by atoms with E-state index in [9.17, 15) is 9.90 Å². The zero-order valence-corrected chi connectivity index (χ0v) is 17.5. The summed E-state index contributed by atoms with van der Waals surface area (Å²) in [6, 6.07) is 0.440. The number of carbonyl (C=O) groups is 1. The zero-order valence-electron chi connectivity index (χ0n) is 17.5. The SMILES string of the molecule is O=C(NC1[C@@H]2CC3C[C@H]1CC(O)(C3)C2)c1cnc(NC2COC2)nc1C1CCCC1. The van der Waals surface area contributed by atoms with E-state index >= 15 is 0 Å². The fourth-order valence-electron chi connectivity index (χ4n) is 7.10. The van der Waals surface area contributed by atoms with Gasteiger partial charge in [-0.1, -0.05) is 12.8 Å². The first-order chi connectivity index (χ1) is 14.6. The molecule has 1 amide bonds. The molecule has 30 heavy (non-hydrogen) atoms. The molecule has 3 N–H and O–H groups in total. The van der Waals surface area contributed by atoms with Crippen LogP contribution in [-0.2, 0) is 4.74 Å². The molecule has 4 bridgehead atoms. The van der Waals surface area contributed by atoms with Gasteiger partial charge in [0, 0.05) is 18.2 Å². The van der Waals surface area contributed by atoms with Crippen LogP contribution >= 0.6 is 0 Å². The Labute approximate surface area is 177 Å². The van der Waals surface area contributed by atoms with E-state index in [1.807, 2.05) is 0 Å². The van der Waals surface area contributed by atoms with Gasteiger partial charge in [-0.05, 0) is 62.7 Å². The van der Waals surface area contributed by atoms with Gasteiger partial charge in [-0.3, -0.25) is 4.79 Å². The van der Waals surface area contributed by atoms with Crippen LogP contribution in [0.3, 0.4) is 0 Å². The predicted octanol–water partition coefficient (Wildman–Crippen LogP) is 2.61. The van der Waals surface area contributed by atoms with Crippen molar-refractivity contribution in [3.8, 4) is 0 Å². The molecule has 3 unspecified atom stereocenters. The molecule has 1 aromatic rings. The van der Waals surface area contributed by atoms with Crippen molar-refractivity contribution in [2.45, 2.75) is 81.4 Å². The van der Waals surface area contributed by atoms with E-state index in [4.69, 9.17) is 9.72 Å². The minimum Gasteiger partial charge on any atom is -0.390 e. The quantitative estimate of drug-likeness (QED) is 0.688. The zero-order chi connectivity index (χ0) is 20.3. The second-order valence-corrected chi connectivity index (χ2v) is 10.5. The van der Waals surface area contributed by atoms with Gasteiger partial charge in [0.1, 0.15) is 0 Å². The highest BCUT2D eigenvalue weighted by Crippen LogP contribution is 2.55. The number of nitrogens with zero attached hydrogens (tertiary/aromatic N) is 2. The predicted molar refractivity (Wildman–Crippen MR) is 111 cm³/mol. The highest BCUT2D eigenvalue weighted by molar-refractivity contribution is 5.95. The van der Waals surface area contributed by atoms with Crippen LogP contribution in [0.1, 0.15) is 79.8 Å². The largest absolute Gasteiger partial charge is 0.390 e. The average Bonchev–Trinajstić information content (AvgIpc) is 3.21. The van der Waals surface area contributed by atoms with Crippen LogP contribution in [0.2, 0.25) is 0 Å². The second-order valence-electron chi connectivity index (χ2n) is 10.5. The Hall–Kier alpha value is -1.73. The lowest BCUT2D eigenvalue weighted by molar-refractivity contribution is -0.136. The van der Waals surface area contributed by atoms with Gasteiger partial charge >= 0.3 is 0 Å². The summed E-state index contributed by atoms with van der Waals surface area (Å²) in [5, 5.41) is 17.5. The molecule has 6 aliphatic rings. The summed E-state index contributed by atoms with van der Waals surface area (Å²) in [6.07, 6.45) is 11.2. The summed E-state index contributed by atoms with van der Waals surface area (Å²) < 4.78 is 5.24. The first kappa shape index (κ1) is 19.0. The van der Waals surface area contributed by atoms with Gasteiger partial charge < -0.3 is 20.5 Å². The first-order valence-corrected chi connectivity index (χ1v) is 11.8. The second kappa shape index (κ2) is 7.16. The molecule has 1 aliphatic heterocycles. The van der Waals surface area contributed by atoms with Crippen LogP contribution in [0.25, 0.3) is 0 Å². The van der Waals surface area contributed by atoms with Crippen molar-refractivity contribution in [3.63, 3.8) is 0 Å². The molecule has 0 aromatic carbocycles. The van der Waals surface area contributed by atoms with E-state index in [1.54, 1.807) is 6.20 Å². The third-order valence-corrected chi connectivity index (χ3v) is 8.31. The minimum absolute atomic E-state index is 0.0279. The van der Waals surface area contributed by atoms with Crippen LogP contribution in [0.5, 0.6) is 0 Å². The van der Waals surface area contributed by atoms with Gasteiger partial charge in [-0.25, -0.2) is 9.97 Å². The van der Waals surface area contributed by atoms with Gasteiger partial charge in [0.05, 0.1) is 36.1 Å². The standard InChI is InChI=1S/C23H32N4O3/c28-21(26-19-15-5-13-6-16(19)9-23(29,7-13)8-15)18-10-24-22(25-17-11-30-12-17)27-20(18)14-3-1-2-4-14/h10,13-17,19,29H,1-9,11-12H2,(H,26,28)(H,24,25,27)/t13?,15-,16+,19?,23?. The Bertz CT molecular complexity index is 820. The number of anilines is 1. The summed E-state index contributed by atoms with van der Waals surface area (Å²) in [5.41, 5.74) is 1.07. The average molecular weight is 413 g/mol. The summed E-state index contributed by atoms with van der Waals surface area (Å²) >= 11 is 0. The lowest BCUT2D eigenvalue weighted by Gasteiger charge is -2.58. The Morgan fingerprint density at radius 3 is 2.50 bits per heavy atom. The molecule has 5 saturated carbocycles. The number of hydrogen-bond donors (Lipinski definition) is 3. The third-order valence-electron chi connectivity index (χ3n) is 8.31. The molecule has 0 radical (unpaired) electrons. The molecule has 162 valence electrons. The van der Waals surface area contributed by atoms with Crippen molar-refractivity contribution in [3.05, 3.63) is 17.5 Å². The molecule has 7 heteroatoms. The topological polar surface area (TPSA) is 96.4 Å². The number of aliphatic hydroxyl groups is 1. The van der Waals surface area contributed by atoms with Crippen molar-refractivity contribution < 1.29 is 14.6 Å². The highest BCUT2D eigenvalue weighted by atomic mass is 16.5. The van der Waals surface area contributed by atoms with Crippen molar-refractivity contribution in [2.75, 3.05) is 18.5 Å². The lowest BCUT2D eigenvalue weighted by atomic mass is 9.52. The van der Waals surface area contributed by atoms with Crippen LogP contribution in [0, 0.1) is 17.8 Å². The molecule has 7 nitrogen and oxygen atoms in total. The van der Waals surface area contributed by atoms with Gasteiger partial charge in [0.25, 0.3) is 5.91 Å². The van der Waals surface area contributed by atoms with E-state index < -0.39 is 5.60 Å². The van der Waals surface area contributed by atoms with E-state index in [2.05, 4.69) is 15.6 Å². The maximum absolute atomic E-state index is 13.4. The number of aromatic nitrogens is 2. The Morgan fingerprint density at radius 1 is 1.13 bits per heavy atom. The molecular formula is C23H32N4O3. The number of carbonyl (C=O) groups excluding carboxylic acids is 1. The number of amides is 1.